The maximum absolute atomic E-state index is 11.9. The molecule has 28 heavy (non-hydrogen) atoms. The Morgan fingerprint density at radius 2 is 2.11 bits per heavy atom. The first-order valence-corrected chi connectivity index (χ1v) is 9.31. The van der Waals surface area contributed by atoms with Crippen LogP contribution in [-0.4, -0.2) is 70.9 Å². The fourth-order valence-electron chi connectivity index (χ4n) is 5.65. The molecule has 0 aromatic heterocycles. The molecule has 0 saturated carbocycles. The Hall–Kier alpha value is -2.65. The zero-order valence-electron chi connectivity index (χ0n) is 15.7. The largest absolute Gasteiger partial charge is 0.496 e. The second-order valence-corrected chi connectivity index (χ2v) is 7.71. The van der Waals surface area contributed by atoms with Gasteiger partial charge in [-0.15, -0.1) is 0 Å². The first kappa shape index (κ1) is 18.7. The van der Waals surface area contributed by atoms with Crippen molar-refractivity contribution in [1.29, 1.82) is 10.5 Å². The van der Waals surface area contributed by atoms with E-state index in [4.69, 9.17) is 4.74 Å². The summed E-state index contributed by atoms with van der Waals surface area (Å²) in [4.78, 5) is 15.9. The Labute approximate surface area is 163 Å². The molecule has 8 heteroatoms. The molecule has 1 unspecified atom stereocenters. The van der Waals surface area contributed by atoms with E-state index in [1.165, 1.54) is 7.11 Å². The van der Waals surface area contributed by atoms with Crippen molar-refractivity contribution >= 4 is 5.97 Å². The van der Waals surface area contributed by atoms with E-state index in [1.807, 2.05) is 16.8 Å². The molecule has 1 aromatic rings. The molecule has 4 rings (SSSR count). The molecule has 0 radical (unpaired) electrons. The Bertz CT molecular complexity index is 905. The van der Waals surface area contributed by atoms with Crippen LogP contribution >= 0.6 is 0 Å². The van der Waals surface area contributed by atoms with Crippen LogP contribution in [0.15, 0.2) is 12.1 Å². The van der Waals surface area contributed by atoms with E-state index in [0.717, 1.165) is 11.1 Å². The lowest BCUT2D eigenvalue weighted by Gasteiger charge is -2.54. The number of nitrogens with zero attached hydrogens (tertiary/aromatic N) is 4. The van der Waals surface area contributed by atoms with Gasteiger partial charge in [0, 0.05) is 23.7 Å². The van der Waals surface area contributed by atoms with Gasteiger partial charge in [0.15, 0.2) is 0 Å². The van der Waals surface area contributed by atoms with Gasteiger partial charge in [0.25, 0.3) is 0 Å². The first-order chi connectivity index (χ1) is 13.5. The molecule has 6 atom stereocenters. The van der Waals surface area contributed by atoms with Crippen LogP contribution in [0.3, 0.4) is 0 Å². The number of aliphatic carboxylic acids is 1. The summed E-state index contributed by atoms with van der Waals surface area (Å²) in [6, 6.07) is 6.13. The van der Waals surface area contributed by atoms with Crippen LogP contribution in [-0.2, 0) is 11.2 Å². The summed E-state index contributed by atoms with van der Waals surface area (Å²) in [5, 5.41) is 39.6. The molecule has 0 amide bonds. The topological polar surface area (TPSA) is 121 Å². The minimum absolute atomic E-state index is 0.215. The van der Waals surface area contributed by atoms with Crippen LogP contribution in [0.25, 0.3) is 0 Å². The number of methoxy groups -OCH3 is 1. The number of carbonyl (C=O) groups is 1. The molecule has 2 N–H and O–H groups in total. The molecule has 8 nitrogen and oxygen atoms in total. The number of piperazine rings is 1. The van der Waals surface area contributed by atoms with E-state index in [-0.39, 0.29) is 24.7 Å². The van der Waals surface area contributed by atoms with Crippen molar-refractivity contribution in [3.8, 4) is 17.9 Å². The number of benzene rings is 1. The van der Waals surface area contributed by atoms with Gasteiger partial charge in [-0.2, -0.15) is 10.5 Å². The van der Waals surface area contributed by atoms with Crippen molar-refractivity contribution in [2.45, 2.75) is 43.1 Å². The maximum Gasteiger partial charge on any atom is 0.308 e. The van der Waals surface area contributed by atoms with Gasteiger partial charge in [-0.1, -0.05) is 0 Å². The summed E-state index contributed by atoms with van der Waals surface area (Å²) in [7, 11) is 3.41. The monoisotopic (exact) mass is 382 g/mol. The fourth-order valence-corrected chi connectivity index (χ4v) is 5.65. The molecule has 2 fully saturated rings. The van der Waals surface area contributed by atoms with Crippen LogP contribution in [0.4, 0.5) is 0 Å². The van der Waals surface area contributed by atoms with Gasteiger partial charge in [0.05, 0.1) is 43.4 Å². The van der Waals surface area contributed by atoms with Crippen molar-refractivity contribution < 1.29 is 19.7 Å². The molecule has 3 aliphatic rings. The zero-order valence-corrected chi connectivity index (χ0v) is 15.7. The number of hydrogen-bond acceptors (Lipinski definition) is 7. The quantitative estimate of drug-likeness (QED) is 0.776. The van der Waals surface area contributed by atoms with E-state index in [0.29, 0.717) is 24.2 Å². The normalized spacial score (nSPS) is 34.0. The fraction of sp³-hybridized carbons (Fsp3) is 0.550. The number of nitriles is 2. The molecule has 3 heterocycles. The van der Waals surface area contributed by atoms with Crippen LogP contribution in [0.1, 0.15) is 29.2 Å². The van der Waals surface area contributed by atoms with Crippen LogP contribution in [0, 0.1) is 28.6 Å². The van der Waals surface area contributed by atoms with Gasteiger partial charge in [0.2, 0.25) is 0 Å². The van der Waals surface area contributed by atoms with E-state index in [1.54, 1.807) is 12.1 Å². The number of carboxylic acids is 1. The molecule has 1 aromatic carbocycles. The van der Waals surface area contributed by atoms with Gasteiger partial charge < -0.3 is 14.9 Å². The van der Waals surface area contributed by atoms with Crippen LogP contribution in [0.5, 0.6) is 5.75 Å². The van der Waals surface area contributed by atoms with Crippen LogP contribution < -0.4 is 4.74 Å². The summed E-state index contributed by atoms with van der Waals surface area (Å²) in [5.41, 5.74) is 2.01. The predicted octanol–water partition coefficient (Wildman–Crippen LogP) is 0.506. The third-order valence-electron chi connectivity index (χ3n) is 6.75. The molecule has 146 valence electrons. The summed E-state index contributed by atoms with van der Waals surface area (Å²) in [5.74, 6) is -0.877. The van der Waals surface area contributed by atoms with Crippen molar-refractivity contribution in [3.63, 3.8) is 0 Å². The van der Waals surface area contributed by atoms with Gasteiger partial charge in [0.1, 0.15) is 11.8 Å². The summed E-state index contributed by atoms with van der Waals surface area (Å²) in [6.07, 6.45) is 0.841. The van der Waals surface area contributed by atoms with Gasteiger partial charge >= 0.3 is 5.97 Å². The minimum Gasteiger partial charge on any atom is -0.496 e. The standard InChI is InChI=1S/C20H22N4O4/c1-23-13-6-12(20(26)27)19(23)14-5-11-10(7-21)3-4-17(28-2)18(11)16(9-25)24(14)15(13)8-22/h3-4,12-16,19,25H,5-6,9H2,1-2H3,(H,26,27)/t12-,13+,14+,15?,16+,19-/m1/s1. The number of aliphatic hydroxyl groups excluding tert-OH is 1. The third kappa shape index (κ3) is 2.36. The number of likely N-dealkylation sites (N-methyl/N-ethyl adjacent to an activating group) is 1. The Kier molecular flexibility index (Phi) is 4.51. The Balaban J connectivity index is 1.93. The summed E-state index contributed by atoms with van der Waals surface area (Å²) < 4.78 is 5.51. The Morgan fingerprint density at radius 3 is 2.68 bits per heavy atom. The highest BCUT2D eigenvalue weighted by atomic mass is 16.5. The average Bonchev–Trinajstić information content (AvgIpc) is 2.95. The highest BCUT2D eigenvalue weighted by Crippen LogP contribution is 2.50. The number of carboxylic acid groups (broad SMARTS) is 1. The number of rotatable bonds is 3. The molecular weight excluding hydrogens is 360 g/mol. The molecule has 2 bridgehead atoms. The van der Waals surface area contributed by atoms with E-state index in [9.17, 15) is 25.5 Å². The van der Waals surface area contributed by atoms with Gasteiger partial charge in [-0.25, -0.2) is 0 Å². The Morgan fingerprint density at radius 1 is 1.36 bits per heavy atom. The van der Waals surface area contributed by atoms with E-state index >= 15 is 0 Å². The lowest BCUT2D eigenvalue weighted by atomic mass is 9.79. The van der Waals surface area contributed by atoms with Gasteiger partial charge in [-0.05, 0) is 37.6 Å². The number of hydrogen-bond donors (Lipinski definition) is 2. The molecule has 3 aliphatic heterocycles. The molecule has 2 saturated heterocycles. The smallest absolute Gasteiger partial charge is 0.308 e. The summed E-state index contributed by atoms with van der Waals surface area (Å²) >= 11 is 0. The SMILES string of the molecule is COc1ccc(C#N)c2c1[C@H](CO)N1C(C#N)[C@@H]3C[C@@H](C(=O)O)[C@H]([C@@H]1C2)N3C. The van der Waals surface area contributed by atoms with Crippen molar-refractivity contribution in [2.75, 3.05) is 20.8 Å². The second kappa shape index (κ2) is 6.75. The number of fused-ring (bicyclic) bond motifs is 5. The van der Waals surface area contributed by atoms with Crippen LogP contribution in [0.2, 0.25) is 0 Å². The highest BCUT2D eigenvalue weighted by Gasteiger charge is 2.59. The summed E-state index contributed by atoms with van der Waals surface area (Å²) in [6.45, 7) is -0.242. The second-order valence-electron chi connectivity index (χ2n) is 7.71. The van der Waals surface area contributed by atoms with E-state index in [2.05, 4.69) is 12.1 Å². The van der Waals surface area contributed by atoms with Crippen molar-refractivity contribution in [3.05, 3.63) is 28.8 Å². The number of ether oxygens (including phenoxy) is 1. The predicted molar refractivity (Wildman–Crippen MR) is 97.3 cm³/mol. The lowest BCUT2D eigenvalue weighted by molar-refractivity contribution is -0.144. The first-order valence-electron chi connectivity index (χ1n) is 9.31. The average molecular weight is 382 g/mol. The van der Waals surface area contributed by atoms with Crippen molar-refractivity contribution in [2.24, 2.45) is 5.92 Å². The zero-order chi connectivity index (χ0) is 20.2. The van der Waals surface area contributed by atoms with Gasteiger partial charge in [-0.3, -0.25) is 14.6 Å². The molecule has 0 spiro atoms. The molecular formula is C20H22N4O4. The third-order valence-corrected chi connectivity index (χ3v) is 6.75. The highest BCUT2D eigenvalue weighted by molar-refractivity contribution is 5.72. The number of aliphatic hydroxyl groups is 1. The maximum atomic E-state index is 11.9. The van der Waals surface area contributed by atoms with Crippen molar-refractivity contribution in [1.82, 2.24) is 9.80 Å². The lowest BCUT2D eigenvalue weighted by Crippen LogP contribution is -2.67. The molecule has 0 aliphatic carbocycles. The minimum atomic E-state index is -0.865. The van der Waals surface area contributed by atoms with E-state index < -0.39 is 24.0 Å².